The second-order valence-electron chi connectivity index (χ2n) is 7.38. The number of fused-ring (bicyclic) bond motifs is 3. The van der Waals surface area contributed by atoms with E-state index in [1.807, 2.05) is 14.1 Å². The first-order chi connectivity index (χ1) is 12.8. The molecule has 0 saturated heterocycles. The lowest BCUT2D eigenvalue weighted by molar-refractivity contribution is 0.379. The summed E-state index contributed by atoms with van der Waals surface area (Å²) in [5.41, 5.74) is 1.24. The summed E-state index contributed by atoms with van der Waals surface area (Å²) in [4.78, 5) is 22.3. The highest BCUT2D eigenvalue weighted by atomic mass is 32.2. The normalized spacial score (nSPS) is 14.8. The Morgan fingerprint density at radius 2 is 2.00 bits per heavy atom. The monoisotopic (exact) mass is 429 g/mol. The van der Waals surface area contributed by atoms with Crippen molar-refractivity contribution < 1.29 is 8.42 Å². The van der Waals surface area contributed by atoms with Gasteiger partial charge in [0.2, 0.25) is 0 Å². The molecule has 0 bridgehead atoms. The zero-order valence-electron chi connectivity index (χ0n) is 16.2. The minimum absolute atomic E-state index is 0.0417. The third-order valence-electron chi connectivity index (χ3n) is 4.71. The molecule has 0 spiro atoms. The summed E-state index contributed by atoms with van der Waals surface area (Å²) in [7, 11) is 1.00. The van der Waals surface area contributed by atoms with Crippen LogP contribution in [-0.4, -0.2) is 61.3 Å². The van der Waals surface area contributed by atoms with Gasteiger partial charge in [0, 0.05) is 23.4 Å². The van der Waals surface area contributed by atoms with Gasteiger partial charge in [-0.1, -0.05) is 11.8 Å². The Morgan fingerprint density at radius 3 is 2.70 bits per heavy atom. The highest BCUT2D eigenvalue weighted by Gasteiger charge is 2.22. The van der Waals surface area contributed by atoms with Crippen LogP contribution in [0.3, 0.4) is 0 Å². The van der Waals surface area contributed by atoms with Gasteiger partial charge in [0.05, 0.1) is 11.1 Å². The van der Waals surface area contributed by atoms with Crippen molar-refractivity contribution in [3.05, 3.63) is 20.8 Å². The first-order valence-corrected chi connectivity index (χ1v) is 13.1. The Balaban J connectivity index is 1.98. The number of sulfone groups is 1. The molecule has 150 valence electrons. The van der Waals surface area contributed by atoms with Crippen LogP contribution in [0.4, 0.5) is 0 Å². The molecule has 2 aromatic rings. The Hall–Kier alpha value is -0.900. The van der Waals surface area contributed by atoms with Crippen molar-refractivity contribution in [2.45, 2.75) is 43.8 Å². The van der Waals surface area contributed by atoms with E-state index in [9.17, 15) is 13.2 Å². The molecule has 6 nitrogen and oxygen atoms in total. The van der Waals surface area contributed by atoms with Crippen molar-refractivity contribution in [3.63, 3.8) is 0 Å². The zero-order valence-corrected chi connectivity index (χ0v) is 18.6. The van der Waals surface area contributed by atoms with Crippen LogP contribution >= 0.6 is 23.1 Å². The van der Waals surface area contributed by atoms with E-state index in [4.69, 9.17) is 4.98 Å². The molecule has 2 heterocycles. The minimum Gasteiger partial charge on any atom is -0.309 e. The van der Waals surface area contributed by atoms with Crippen LogP contribution in [0.1, 0.15) is 29.7 Å². The highest BCUT2D eigenvalue weighted by Crippen LogP contribution is 2.34. The van der Waals surface area contributed by atoms with Crippen molar-refractivity contribution in [1.29, 1.82) is 0 Å². The van der Waals surface area contributed by atoms with Gasteiger partial charge in [0.25, 0.3) is 5.56 Å². The summed E-state index contributed by atoms with van der Waals surface area (Å²) in [6.07, 6.45) is 6.39. The van der Waals surface area contributed by atoms with E-state index in [0.717, 1.165) is 42.4 Å². The molecule has 0 aromatic carbocycles. The maximum absolute atomic E-state index is 13.3. The highest BCUT2D eigenvalue weighted by molar-refractivity contribution is 8.00. The van der Waals surface area contributed by atoms with Crippen molar-refractivity contribution in [2.75, 3.05) is 38.4 Å². The lowest BCUT2D eigenvalue weighted by Gasteiger charge is -2.15. The maximum atomic E-state index is 13.3. The second-order valence-corrected chi connectivity index (χ2v) is 11.8. The summed E-state index contributed by atoms with van der Waals surface area (Å²) in [6.45, 7) is 1.49. The number of nitrogens with zero attached hydrogens (tertiary/aromatic N) is 3. The molecular formula is C18H27N3O3S3. The third-order valence-corrected chi connectivity index (χ3v) is 8.08. The number of hydrogen-bond donors (Lipinski definition) is 0. The quantitative estimate of drug-likeness (QED) is 0.474. The van der Waals surface area contributed by atoms with Gasteiger partial charge in [-0.05, 0) is 58.3 Å². The molecule has 3 rings (SSSR count). The predicted molar refractivity (Wildman–Crippen MR) is 114 cm³/mol. The number of aryl methyl sites for hydroxylation is 2. The lowest BCUT2D eigenvalue weighted by Crippen LogP contribution is -2.26. The van der Waals surface area contributed by atoms with Gasteiger partial charge in [0.1, 0.15) is 14.7 Å². The molecule has 1 aliphatic carbocycles. The summed E-state index contributed by atoms with van der Waals surface area (Å²) < 4.78 is 24.7. The standard InChI is InChI=1S/C18H27N3O3S3/c1-20(2)9-6-10-21-17(22)15-13-7-4-5-8-14(13)26-16(15)19-18(21)25-11-12-27(3,23)24/h4-12H2,1-3H3. The van der Waals surface area contributed by atoms with E-state index in [1.54, 1.807) is 15.9 Å². The topological polar surface area (TPSA) is 72.3 Å². The lowest BCUT2D eigenvalue weighted by atomic mass is 9.97. The van der Waals surface area contributed by atoms with Gasteiger partial charge in [0.15, 0.2) is 5.16 Å². The van der Waals surface area contributed by atoms with E-state index in [0.29, 0.717) is 17.5 Å². The molecule has 0 atom stereocenters. The van der Waals surface area contributed by atoms with Gasteiger partial charge < -0.3 is 4.90 Å². The Kier molecular flexibility index (Phi) is 6.66. The number of aromatic nitrogens is 2. The molecule has 0 amide bonds. The third kappa shape index (κ3) is 5.13. The van der Waals surface area contributed by atoms with E-state index < -0.39 is 9.84 Å². The smallest absolute Gasteiger partial charge is 0.263 e. The fraction of sp³-hybridized carbons (Fsp3) is 0.667. The van der Waals surface area contributed by atoms with Crippen molar-refractivity contribution >= 4 is 43.2 Å². The summed E-state index contributed by atoms with van der Waals surface area (Å²) >= 11 is 3.01. The molecule has 0 radical (unpaired) electrons. The molecule has 27 heavy (non-hydrogen) atoms. The SMILES string of the molecule is CN(C)CCCn1c(SCCS(C)(=O)=O)nc2sc3c(c2c1=O)CCCC3. The molecule has 1 aliphatic rings. The molecule has 0 N–H and O–H groups in total. The van der Waals surface area contributed by atoms with E-state index in [-0.39, 0.29) is 11.3 Å². The van der Waals surface area contributed by atoms with Crippen LogP contribution < -0.4 is 5.56 Å². The molecule has 0 saturated carbocycles. The number of thiophene rings is 1. The van der Waals surface area contributed by atoms with Gasteiger partial charge in [-0.3, -0.25) is 9.36 Å². The molecule has 0 fully saturated rings. The second kappa shape index (κ2) is 8.63. The molecule has 2 aromatic heterocycles. The predicted octanol–water partition coefficient (Wildman–Crippen LogP) is 2.43. The number of rotatable bonds is 8. The average molecular weight is 430 g/mol. The minimum atomic E-state index is -3.03. The Morgan fingerprint density at radius 1 is 1.26 bits per heavy atom. The van der Waals surface area contributed by atoms with Crippen LogP contribution in [-0.2, 0) is 29.2 Å². The van der Waals surface area contributed by atoms with Crippen molar-refractivity contribution in [3.8, 4) is 0 Å². The van der Waals surface area contributed by atoms with Crippen LogP contribution in [0.5, 0.6) is 0 Å². The van der Waals surface area contributed by atoms with Crippen molar-refractivity contribution in [2.24, 2.45) is 0 Å². The van der Waals surface area contributed by atoms with Crippen LogP contribution in [0.25, 0.3) is 10.2 Å². The first-order valence-electron chi connectivity index (χ1n) is 9.26. The molecule has 0 unspecified atom stereocenters. The number of hydrogen-bond acceptors (Lipinski definition) is 7. The van der Waals surface area contributed by atoms with E-state index in [2.05, 4.69) is 4.90 Å². The maximum Gasteiger partial charge on any atom is 0.263 e. The zero-order chi connectivity index (χ0) is 19.6. The molecule has 9 heteroatoms. The average Bonchev–Trinajstić information content (AvgIpc) is 2.94. The Labute approximate surface area is 168 Å². The summed E-state index contributed by atoms with van der Waals surface area (Å²) in [5, 5.41) is 1.44. The van der Waals surface area contributed by atoms with Crippen LogP contribution in [0, 0.1) is 0 Å². The van der Waals surface area contributed by atoms with Gasteiger partial charge in [-0.2, -0.15) is 0 Å². The van der Waals surface area contributed by atoms with Crippen molar-refractivity contribution in [1.82, 2.24) is 14.5 Å². The molecular weight excluding hydrogens is 402 g/mol. The van der Waals surface area contributed by atoms with Crippen LogP contribution in [0.15, 0.2) is 9.95 Å². The Bertz CT molecular complexity index is 977. The number of thioether (sulfide) groups is 1. The first kappa shape index (κ1) is 20.8. The summed E-state index contributed by atoms with van der Waals surface area (Å²) in [6, 6.07) is 0. The van der Waals surface area contributed by atoms with Gasteiger partial charge >= 0.3 is 0 Å². The fourth-order valence-corrected chi connectivity index (χ4v) is 6.88. The fourth-order valence-electron chi connectivity index (χ4n) is 3.36. The van der Waals surface area contributed by atoms with E-state index in [1.165, 1.54) is 34.9 Å². The largest absolute Gasteiger partial charge is 0.309 e. The van der Waals surface area contributed by atoms with Crippen LogP contribution in [0.2, 0.25) is 0 Å². The summed E-state index contributed by atoms with van der Waals surface area (Å²) in [5.74, 6) is 0.500. The molecule has 0 aliphatic heterocycles. The van der Waals surface area contributed by atoms with E-state index >= 15 is 0 Å². The van der Waals surface area contributed by atoms with Gasteiger partial charge in [-0.25, -0.2) is 13.4 Å². The van der Waals surface area contributed by atoms with Gasteiger partial charge in [-0.15, -0.1) is 11.3 Å².